The number of hydrogen-bond donors (Lipinski definition) is 1. The highest BCUT2D eigenvalue weighted by atomic mass is 32.2. The summed E-state index contributed by atoms with van der Waals surface area (Å²) < 4.78 is 51.8. The lowest BCUT2D eigenvalue weighted by molar-refractivity contribution is 0.387. The quantitative estimate of drug-likeness (QED) is 0.218. The number of methoxy groups -OCH3 is 1. The van der Waals surface area contributed by atoms with Gasteiger partial charge in [-0.05, 0) is 61.2 Å². The third kappa shape index (κ3) is 5.56. The number of rotatable bonds is 10. The summed E-state index contributed by atoms with van der Waals surface area (Å²) in [5, 5.41) is 4.14. The van der Waals surface area contributed by atoms with Crippen LogP contribution in [0.4, 0.5) is 13.2 Å². The number of thioether (sulfide) groups is 1. The molecule has 0 saturated carbocycles. The summed E-state index contributed by atoms with van der Waals surface area (Å²) in [7, 11) is 1.37. The highest BCUT2D eigenvalue weighted by Crippen LogP contribution is 2.40. The minimum absolute atomic E-state index is 0.0227. The van der Waals surface area contributed by atoms with Gasteiger partial charge in [0.15, 0.2) is 11.6 Å². The summed E-state index contributed by atoms with van der Waals surface area (Å²) >= 11 is 1.50. The Kier molecular flexibility index (Phi) is 8.66. The maximum atomic E-state index is 15.5. The van der Waals surface area contributed by atoms with Gasteiger partial charge in [0.1, 0.15) is 11.6 Å². The summed E-state index contributed by atoms with van der Waals surface area (Å²) in [6.45, 7) is 3.04. The Labute approximate surface area is 236 Å². The van der Waals surface area contributed by atoms with Crippen LogP contribution in [0.1, 0.15) is 34.7 Å². The molecule has 1 aromatic heterocycles. The number of ether oxygens (including phenoxy) is 1. The molecule has 0 fully saturated rings. The molecule has 1 aliphatic rings. The van der Waals surface area contributed by atoms with E-state index in [0.717, 1.165) is 19.4 Å². The molecule has 0 spiro atoms. The molecule has 2 heterocycles. The lowest BCUT2D eigenvalue weighted by atomic mass is 9.94. The highest BCUT2D eigenvalue weighted by molar-refractivity contribution is 7.99. The van der Waals surface area contributed by atoms with Crippen LogP contribution in [0.5, 0.6) is 5.75 Å². The van der Waals surface area contributed by atoms with Gasteiger partial charge < -0.3 is 10.1 Å². The van der Waals surface area contributed by atoms with E-state index in [2.05, 4.69) is 17.4 Å². The maximum absolute atomic E-state index is 15.5. The smallest absolute Gasteiger partial charge is 0.260 e. The van der Waals surface area contributed by atoms with E-state index in [1.165, 1.54) is 48.7 Å². The van der Waals surface area contributed by atoms with Crippen LogP contribution in [-0.2, 0) is 12.8 Å². The van der Waals surface area contributed by atoms with Gasteiger partial charge >= 0.3 is 0 Å². The summed E-state index contributed by atoms with van der Waals surface area (Å²) in [6, 6.07) is 18.5. The predicted molar refractivity (Wildman–Crippen MR) is 154 cm³/mol. The van der Waals surface area contributed by atoms with E-state index in [1.54, 1.807) is 23.6 Å². The van der Waals surface area contributed by atoms with Crippen LogP contribution in [0.15, 0.2) is 76.6 Å². The molecule has 4 nitrogen and oxygen atoms in total. The van der Waals surface area contributed by atoms with E-state index in [-0.39, 0.29) is 40.5 Å². The van der Waals surface area contributed by atoms with Crippen LogP contribution < -0.4 is 15.6 Å². The summed E-state index contributed by atoms with van der Waals surface area (Å²) in [6.07, 6.45) is 1.83. The fourth-order valence-electron chi connectivity index (χ4n) is 5.31. The van der Waals surface area contributed by atoms with Crippen LogP contribution in [0, 0.1) is 24.4 Å². The topological polar surface area (TPSA) is 43.3 Å². The molecule has 4 aromatic rings. The Hall–Kier alpha value is -3.49. The van der Waals surface area contributed by atoms with Crippen molar-refractivity contribution in [2.24, 2.45) is 0 Å². The number of nitrogens with zero attached hydrogens (tertiary/aromatic N) is 1. The third-order valence-electron chi connectivity index (χ3n) is 7.42. The first-order valence-corrected chi connectivity index (χ1v) is 14.3. The molecule has 3 aromatic carbocycles. The monoisotopic (exact) mass is 564 g/mol. The average Bonchev–Trinajstić information content (AvgIpc) is 3.38. The molecule has 0 bridgehead atoms. The Morgan fingerprint density at radius 2 is 1.70 bits per heavy atom. The van der Waals surface area contributed by atoms with Crippen LogP contribution in [0.2, 0.25) is 0 Å². The Bertz CT molecular complexity index is 1550. The normalized spacial score (nSPS) is 14.4. The van der Waals surface area contributed by atoms with Gasteiger partial charge in [0.2, 0.25) is 0 Å². The standard InChI is InChI=1S/C32H31F3N2O2S/c1-20-24(17-25-26(33)13-7-14-27(25)34)32-37(31(38)29(20)23-12-6-15-28(39-2)30(23)35)22(19-40-32)18-36-16-8-11-21-9-4-3-5-10-21/h3-7,9-10,12-15,22,36H,8,11,16-19H2,1-2H3. The number of benzene rings is 3. The maximum Gasteiger partial charge on any atom is 0.260 e. The molecule has 0 saturated heterocycles. The molecule has 40 heavy (non-hydrogen) atoms. The third-order valence-corrected chi connectivity index (χ3v) is 8.69. The van der Waals surface area contributed by atoms with Gasteiger partial charge in [0.05, 0.1) is 23.7 Å². The summed E-state index contributed by atoms with van der Waals surface area (Å²) in [5.74, 6) is -1.31. The van der Waals surface area contributed by atoms with Gasteiger partial charge in [-0.3, -0.25) is 9.36 Å². The minimum Gasteiger partial charge on any atom is -0.494 e. The van der Waals surface area contributed by atoms with Crippen molar-refractivity contribution in [2.75, 3.05) is 26.0 Å². The first-order chi connectivity index (χ1) is 19.4. The molecular weight excluding hydrogens is 533 g/mol. The number of nitrogens with one attached hydrogen (secondary N) is 1. The van der Waals surface area contributed by atoms with Crippen molar-refractivity contribution in [2.45, 2.75) is 37.3 Å². The molecule has 0 amide bonds. The molecule has 208 valence electrons. The molecule has 1 atom stereocenters. The van der Waals surface area contributed by atoms with Gasteiger partial charge in [-0.1, -0.05) is 48.5 Å². The minimum atomic E-state index is -0.655. The first kappa shape index (κ1) is 28.1. The Morgan fingerprint density at radius 1 is 0.975 bits per heavy atom. The summed E-state index contributed by atoms with van der Waals surface area (Å²) in [5.41, 5.74) is 2.30. The number of aromatic nitrogens is 1. The number of aryl methyl sites for hydroxylation is 1. The van der Waals surface area contributed by atoms with Crippen LogP contribution in [-0.4, -0.2) is 30.5 Å². The van der Waals surface area contributed by atoms with E-state index in [0.29, 0.717) is 28.5 Å². The van der Waals surface area contributed by atoms with Crippen LogP contribution in [0.3, 0.4) is 0 Å². The van der Waals surface area contributed by atoms with Crippen molar-refractivity contribution in [3.63, 3.8) is 0 Å². The highest BCUT2D eigenvalue weighted by Gasteiger charge is 2.32. The van der Waals surface area contributed by atoms with Gasteiger partial charge in [0.25, 0.3) is 5.56 Å². The zero-order chi connectivity index (χ0) is 28.2. The zero-order valence-corrected chi connectivity index (χ0v) is 23.3. The van der Waals surface area contributed by atoms with E-state index in [9.17, 15) is 13.6 Å². The van der Waals surface area contributed by atoms with Crippen molar-refractivity contribution in [1.29, 1.82) is 0 Å². The molecule has 0 aliphatic carbocycles. The zero-order valence-electron chi connectivity index (χ0n) is 22.5. The van der Waals surface area contributed by atoms with E-state index in [1.807, 2.05) is 18.2 Å². The van der Waals surface area contributed by atoms with Gasteiger partial charge in [0, 0.05) is 29.8 Å². The molecule has 1 unspecified atom stereocenters. The van der Waals surface area contributed by atoms with Crippen LogP contribution in [0.25, 0.3) is 11.1 Å². The van der Waals surface area contributed by atoms with E-state index >= 15 is 4.39 Å². The number of halogens is 3. The van der Waals surface area contributed by atoms with Gasteiger partial charge in [-0.15, -0.1) is 11.8 Å². The van der Waals surface area contributed by atoms with Crippen LogP contribution >= 0.6 is 11.8 Å². The first-order valence-electron chi connectivity index (χ1n) is 13.3. The fourth-order valence-corrected chi connectivity index (χ4v) is 6.70. The second-order valence-corrected chi connectivity index (χ2v) is 10.9. The van der Waals surface area contributed by atoms with Crippen molar-refractivity contribution >= 4 is 11.8 Å². The second-order valence-electron chi connectivity index (χ2n) is 9.92. The Morgan fingerprint density at radius 3 is 2.42 bits per heavy atom. The van der Waals surface area contributed by atoms with E-state index in [4.69, 9.17) is 4.74 Å². The number of fused-ring (bicyclic) bond motifs is 1. The number of hydrogen-bond acceptors (Lipinski definition) is 4. The van der Waals surface area contributed by atoms with Gasteiger partial charge in [-0.2, -0.15) is 0 Å². The lowest BCUT2D eigenvalue weighted by Gasteiger charge is -2.21. The summed E-state index contributed by atoms with van der Waals surface area (Å²) in [4.78, 5) is 14.0. The largest absolute Gasteiger partial charge is 0.494 e. The lowest BCUT2D eigenvalue weighted by Crippen LogP contribution is -2.33. The molecule has 0 radical (unpaired) electrons. The fraction of sp³-hybridized carbons (Fsp3) is 0.281. The van der Waals surface area contributed by atoms with Crippen molar-refractivity contribution in [3.05, 3.63) is 117 Å². The van der Waals surface area contributed by atoms with Crippen molar-refractivity contribution < 1.29 is 17.9 Å². The number of pyridine rings is 1. The molecular formula is C32H31F3N2O2S. The second kappa shape index (κ2) is 12.4. The molecule has 1 aliphatic heterocycles. The average molecular weight is 565 g/mol. The predicted octanol–water partition coefficient (Wildman–Crippen LogP) is 6.71. The molecule has 1 N–H and O–H groups in total. The van der Waals surface area contributed by atoms with Crippen molar-refractivity contribution in [1.82, 2.24) is 9.88 Å². The molecule has 8 heteroatoms. The SMILES string of the molecule is COc1cccc(-c2c(C)c(Cc3c(F)cccc3F)c3n(c2=O)C(CNCCCc2ccccc2)CS3)c1F. The van der Waals surface area contributed by atoms with E-state index < -0.39 is 17.5 Å². The van der Waals surface area contributed by atoms with Crippen molar-refractivity contribution in [3.8, 4) is 16.9 Å². The molecule has 5 rings (SSSR count). The van der Waals surface area contributed by atoms with Gasteiger partial charge in [-0.25, -0.2) is 13.2 Å². The Balaban J connectivity index is 1.51.